The van der Waals surface area contributed by atoms with Gasteiger partial charge in [0.05, 0.1) is 12.5 Å². The monoisotopic (exact) mass is 370 g/mol. The number of halogens is 1. The molecule has 0 spiro atoms. The molecule has 3 rings (SSSR count). The van der Waals surface area contributed by atoms with E-state index in [-0.39, 0.29) is 17.6 Å². The van der Waals surface area contributed by atoms with Gasteiger partial charge in [0.1, 0.15) is 18.2 Å². The molecular weight excluding hydrogens is 343 g/mol. The van der Waals surface area contributed by atoms with Gasteiger partial charge in [0.2, 0.25) is 5.91 Å². The van der Waals surface area contributed by atoms with Gasteiger partial charge in [0.25, 0.3) is 0 Å². The first-order chi connectivity index (χ1) is 13.1. The first-order valence-electron chi connectivity index (χ1n) is 9.54. The molecular formula is C22H27FN2O2. The minimum Gasteiger partial charge on any atom is -0.492 e. The van der Waals surface area contributed by atoms with Crippen molar-refractivity contribution >= 4 is 5.91 Å². The molecule has 4 nitrogen and oxygen atoms in total. The molecule has 2 aromatic rings. The van der Waals surface area contributed by atoms with Gasteiger partial charge in [0, 0.05) is 13.1 Å². The van der Waals surface area contributed by atoms with Crippen molar-refractivity contribution < 1.29 is 13.9 Å². The molecule has 1 aliphatic rings. The highest BCUT2D eigenvalue weighted by molar-refractivity contribution is 5.78. The third kappa shape index (κ3) is 6.07. The average Bonchev–Trinajstić information content (AvgIpc) is 2.68. The van der Waals surface area contributed by atoms with Gasteiger partial charge in [-0.05, 0) is 56.1 Å². The molecule has 0 aromatic heterocycles. The lowest BCUT2D eigenvalue weighted by Crippen LogP contribution is -2.43. The van der Waals surface area contributed by atoms with Crippen molar-refractivity contribution in [1.82, 2.24) is 10.2 Å². The number of carbonyl (C=O) groups is 1. The van der Waals surface area contributed by atoms with Crippen LogP contribution >= 0.6 is 0 Å². The van der Waals surface area contributed by atoms with Crippen LogP contribution in [0.3, 0.4) is 0 Å². The van der Waals surface area contributed by atoms with E-state index in [2.05, 4.69) is 10.2 Å². The normalized spacial score (nSPS) is 17.5. The number of amides is 1. The SMILES string of the molecule is Cc1ccc(OCCNC(=O)[C@H]2CCCN(Cc3ccc(F)cc3)C2)cc1. The molecule has 1 amide bonds. The Kier molecular flexibility index (Phi) is 6.82. The van der Waals surface area contributed by atoms with Gasteiger partial charge in [-0.15, -0.1) is 0 Å². The number of likely N-dealkylation sites (tertiary alicyclic amines) is 1. The number of piperidine rings is 1. The van der Waals surface area contributed by atoms with Gasteiger partial charge in [-0.3, -0.25) is 9.69 Å². The second-order valence-electron chi connectivity index (χ2n) is 7.15. The van der Waals surface area contributed by atoms with Crippen molar-refractivity contribution in [3.8, 4) is 5.75 Å². The van der Waals surface area contributed by atoms with Crippen LogP contribution in [0.15, 0.2) is 48.5 Å². The average molecular weight is 370 g/mol. The number of nitrogens with zero attached hydrogens (tertiary/aromatic N) is 1. The first-order valence-corrected chi connectivity index (χ1v) is 9.54. The zero-order valence-electron chi connectivity index (χ0n) is 15.8. The maximum Gasteiger partial charge on any atom is 0.224 e. The molecule has 0 radical (unpaired) electrons. The predicted octanol–water partition coefficient (Wildman–Crippen LogP) is 3.54. The molecule has 1 aliphatic heterocycles. The highest BCUT2D eigenvalue weighted by Gasteiger charge is 2.25. The Hall–Kier alpha value is -2.40. The molecule has 1 saturated heterocycles. The van der Waals surface area contributed by atoms with Crippen LogP contribution in [0.4, 0.5) is 4.39 Å². The van der Waals surface area contributed by atoms with Crippen LogP contribution < -0.4 is 10.1 Å². The Morgan fingerprint density at radius 2 is 1.93 bits per heavy atom. The van der Waals surface area contributed by atoms with E-state index in [0.29, 0.717) is 13.2 Å². The van der Waals surface area contributed by atoms with Gasteiger partial charge < -0.3 is 10.1 Å². The summed E-state index contributed by atoms with van der Waals surface area (Å²) in [6.45, 7) is 5.45. The number of benzene rings is 2. The Labute approximate surface area is 160 Å². The van der Waals surface area contributed by atoms with Gasteiger partial charge in [-0.2, -0.15) is 0 Å². The summed E-state index contributed by atoms with van der Waals surface area (Å²) in [6.07, 6.45) is 1.91. The number of rotatable bonds is 7. The lowest BCUT2D eigenvalue weighted by atomic mass is 9.96. The summed E-state index contributed by atoms with van der Waals surface area (Å²) in [5.41, 5.74) is 2.27. The third-order valence-corrected chi connectivity index (χ3v) is 4.89. The van der Waals surface area contributed by atoms with Crippen LogP contribution in [0.5, 0.6) is 5.75 Å². The van der Waals surface area contributed by atoms with Crippen molar-refractivity contribution in [2.24, 2.45) is 5.92 Å². The van der Waals surface area contributed by atoms with Crippen LogP contribution in [-0.2, 0) is 11.3 Å². The molecule has 0 bridgehead atoms. The molecule has 0 unspecified atom stereocenters. The maximum absolute atomic E-state index is 13.0. The van der Waals surface area contributed by atoms with Crippen LogP contribution in [0.1, 0.15) is 24.0 Å². The van der Waals surface area contributed by atoms with E-state index in [0.717, 1.165) is 43.8 Å². The number of ether oxygens (including phenoxy) is 1. The Morgan fingerprint density at radius 3 is 2.67 bits per heavy atom. The van der Waals surface area contributed by atoms with Crippen LogP contribution in [0.2, 0.25) is 0 Å². The number of nitrogens with one attached hydrogen (secondary N) is 1. The number of hydrogen-bond donors (Lipinski definition) is 1. The molecule has 5 heteroatoms. The Morgan fingerprint density at radius 1 is 1.19 bits per heavy atom. The van der Waals surface area contributed by atoms with Crippen molar-refractivity contribution in [1.29, 1.82) is 0 Å². The topological polar surface area (TPSA) is 41.6 Å². The number of carbonyl (C=O) groups excluding carboxylic acids is 1. The predicted molar refractivity (Wildman–Crippen MR) is 104 cm³/mol. The maximum atomic E-state index is 13.0. The third-order valence-electron chi connectivity index (χ3n) is 4.89. The van der Waals surface area contributed by atoms with E-state index < -0.39 is 0 Å². The van der Waals surface area contributed by atoms with E-state index in [1.165, 1.54) is 17.7 Å². The summed E-state index contributed by atoms with van der Waals surface area (Å²) in [6, 6.07) is 14.5. The molecule has 1 atom stereocenters. The minimum absolute atomic E-state index is 0.00132. The van der Waals surface area contributed by atoms with E-state index in [1.54, 1.807) is 12.1 Å². The molecule has 0 aliphatic carbocycles. The Bertz CT molecular complexity index is 731. The highest BCUT2D eigenvalue weighted by atomic mass is 19.1. The van der Waals surface area contributed by atoms with Crippen molar-refractivity contribution in [3.63, 3.8) is 0 Å². The second-order valence-corrected chi connectivity index (χ2v) is 7.15. The minimum atomic E-state index is -0.220. The van der Waals surface area contributed by atoms with E-state index in [9.17, 15) is 9.18 Å². The molecule has 2 aromatic carbocycles. The molecule has 27 heavy (non-hydrogen) atoms. The fraction of sp³-hybridized carbons (Fsp3) is 0.409. The summed E-state index contributed by atoms with van der Waals surface area (Å²) >= 11 is 0. The lowest BCUT2D eigenvalue weighted by Gasteiger charge is -2.32. The summed E-state index contributed by atoms with van der Waals surface area (Å²) in [5.74, 6) is 0.686. The fourth-order valence-corrected chi connectivity index (χ4v) is 3.38. The zero-order valence-corrected chi connectivity index (χ0v) is 15.8. The van der Waals surface area contributed by atoms with E-state index >= 15 is 0 Å². The second kappa shape index (κ2) is 9.51. The standard InChI is InChI=1S/C22H27FN2O2/c1-17-4-10-21(11-5-17)27-14-12-24-22(26)19-3-2-13-25(16-19)15-18-6-8-20(23)9-7-18/h4-11,19H,2-3,12-16H2,1H3,(H,24,26)/t19-/m0/s1. The highest BCUT2D eigenvalue weighted by Crippen LogP contribution is 2.19. The van der Waals surface area contributed by atoms with Crippen LogP contribution in [-0.4, -0.2) is 37.0 Å². The zero-order chi connectivity index (χ0) is 19.1. The summed E-state index contributed by atoms with van der Waals surface area (Å²) in [7, 11) is 0. The molecule has 144 valence electrons. The largest absolute Gasteiger partial charge is 0.492 e. The van der Waals surface area contributed by atoms with Crippen molar-refractivity contribution in [3.05, 3.63) is 65.5 Å². The van der Waals surface area contributed by atoms with Crippen LogP contribution in [0, 0.1) is 18.7 Å². The summed E-state index contributed by atoms with van der Waals surface area (Å²) in [4.78, 5) is 14.7. The van der Waals surface area contributed by atoms with E-state index in [4.69, 9.17) is 4.74 Å². The number of aryl methyl sites for hydroxylation is 1. The summed E-state index contributed by atoms with van der Waals surface area (Å²) in [5, 5.41) is 2.99. The van der Waals surface area contributed by atoms with Gasteiger partial charge >= 0.3 is 0 Å². The summed E-state index contributed by atoms with van der Waals surface area (Å²) < 4.78 is 18.7. The molecule has 0 saturated carbocycles. The van der Waals surface area contributed by atoms with E-state index in [1.807, 2.05) is 31.2 Å². The molecule has 1 N–H and O–H groups in total. The first kappa shape index (κ1) is 19.4. The van der Waals surface area contributed by atoms with Gasteiger partial charge in [-0.1, -0.05) is 29.8 Å². The van der Waals surface area contributed by atoms with Gasteiger partial charge in [-0.25, -0.2) is 4.39 Å². The lowest BCUT2D eigenvalue weighted by molar-refractivity contribution is -0.126. The van der Waals surface area contributed by atoms with Crippen molar-refractivity contribution in [2.75, 3.05) is 26.2 Å². The molecule has 1 heterocycles. The van der Waals surface area contributed by atoms with Gasteiger partial charge in [0.15, 0.2) is 0 Å². The quantitative estimate of drug-likeness (QED) is 0.758. The molecule has 1 fully saturated rings. The smallest absolute Gasteiger partial charge is 0.224 e. The van der Waals surface area contributed by atoms with Crippen molar-refractivity contribution in [2.45, 2.75) is 26.3 Å². The Balaban J connectivity index is 1.40. The number of hydrogen-bond acceptors (Lipinski definition) is 3. The fourth-order valence-electron chi connectivity index (χ4n) is 3.38. The van der Waals surface area contributed by atoms with Crippen LogP contribution in [0.25, 0.3) is 0 Å².